The second-order valence-electron chi connectivity index (χ2n) is 3.80. The third kappa shape index (κ3) is 1.99. The molecular weight excluding hydrogens is 220 g/mol. The summed E-state index contributed by atoms with van der Waals surface area (Å²) in [5.74, 6) is -0.876. The first-order valence-corrected chi connectivity index (χ1v) is 5.85. The number of carboxylic acid groups (broad SMARTS) is 1. The lowest BCUT2D eigenvalue weighted by Gasteiger charge is -2.05. The van der Waals surface area contributed by atoms with Crippen molar-refractivity contribution in [2.75, 3.05) is 0 Å². The van der Waals surface area contributed by atoms with E-state index in [1.165, 1.54) is 4.88 Å². The van der Waals surface area contributed by atoms with Crippen molar-refractivity contribution in [2.45, 2.75) is 13.8 Å². The fourth-order valence-corrected chi connectivity index (χ4v) is 2.37. The molecule has 0 unspecified atom stereocenters. The zero-order chi connectivity index (χ0) is 11.7. The number of hydrogen-bond acceptors (Lipinski definition) is 2. The largest absolute Gasteiger partial charge is 0.478 e. The van der Waals surface area contributed by atoms with Crippen LogP contribution in [0.1, 0.15) is 20.8 Å². The second kappa shape index (κ2) is 4.10. The van der Waals surface area contributed by atoms with Crippen molar-refractivity contribution < 1.29 is 9.90 Å². The zero-order valence-corrected chi connectivity index (χ0v) is 9.97. The van der Waals surface area contributed by atoms with Crippen molar-refractivity contribution >= 4 is 17.3 Å². The zero-order valence-electron chi connectivity index (χ0n) is 9.15. The molecule has 0 fully saturated rings. The van der Waals surface area contributed by atoms with Gasteiger partial charge in [-0.05, 0) is 42.5 Å². The molecule has 0 aliphatic carbocycles. The van der Waals surface area contributed by atoms with Gasteiger partial charge in [0.2, 0.25) is 0 Å². The lowest BCUT2D eigenvalue weighted by molar-refractivity contribution is 0.0698. The van der Waals surface area contributed by atoms with Crippen LogP contribution < -0.4 is 0 Å². The molecule has 1 aromatic carbocycles. The molecule has 0 saturated carbocycles. The fourth-order valence-electron chi connectivity index (χ4n) is 1.67. The number of benzene rings is 1. The van der Waals surface area contributed by atoms with E-state index < -0.39 is 5.97 Å². The summed E-state index contributed by atoms with van der Waals surface area (Å²) >= 11 is 1.63. The standard InChI is InChI=1S/C13H12O2S/c1-8-3-4-11(13(14)15)12(5-8)10-6-9(2)16-7-10/h3-7H,1-2H3,(H,14,15). The molecule has 0 aliphatic heterocycles. The maximum Gasteiger partial charge on any atom is 0.336 e. The minimum Gasteiger partial charge on any atom is -0.478 e. The monoisotopic (exact) mass is 232 g/mol. The van der Waals surface area contributed by atoms with Crippen LogP contribution in [0.15, 0.2) is 29.6 Å². The molecule has 0 amide bonds. The minimum absolute atomic E-state index is 0.364. The topological polar surface area (TPSA) is 37.3 Å². The molecule has 0 aliphatic rings. The average Bonchev–Trinajstić information content (AvgIpc) is 2.64. The van der Waals surface area contributed by atoms with Crippen LogP contribution in [0, 0.1) is 13.8 Å². The van der Waals surface area contributed by atoms with Crippen LogP contribution in [-0.4, -0.2) is 11.1 Å². The van der Waals surface area contributed by atoms with Gasteiger partial charge in [0, 0.05) is 4.88 Å². The molecule has 0 bridgehead atoms. The van der Waals surface area contributed by atoms with Gasteiger partial charge in [-0.3, -0.25) is 0 Å². The molecule has 2 aromatic rings. The minimum atomic E-state index is -0.876. The van der Waals surface area contributed by atoms with E-state index in [9.17, 15) is 4.79 Å². The molecule has 16 heavy (non-hydrogen) atoms. The van der Waals surface area contributed by atoms with E-state index in [-0.39, 0.29) is 0 Å². The van der Waals surface area contributed by atoms with E-state index in [1.807, 2.05) is 37.4 Å². The maximum atomic E-state index is 11.1. The molecule has 1 heterocycles. The molecule has 1 aromatic heterocycles. The Labute approximate surface area is 98.2 Å². The molecule has 0 spiro atoms. The van der Waals surface area contributed by atoms with Crippen molar-refractivity contribution in [2.24, 2.45) is 0 Å². The molecule has 1 N–H and O–H groups in total. The van der Waals surface area contributed by atoms with Gasteiger partial charge in [-0.2, -0.15) is 0 Å². The van der Waals surface area contributed by atoms with Gasteiger partial charge in [0.15, 0.2) is 0 Å². The van der Waals surface area contributed by atoms with Crippen LogP contribution >= 0.6 is 11.3 Å². The highest BCUT2D eigenvalue weighted by atomic mass is 32.1. The Hall–Kier alpha value is -1.61. The first-order valence-electron chi connectivity index (χ1n) is 4.97. The number of aryl methyl sites for hydroxylation is 2. The molecule has 2 rings (SSSR count). The number of thiophene rings is 1. The number of carbonyl (C=O) groups is 1. The Bertz CT molecular complexity index is 541. The summed E-state index contributed by atoms with van der Waals surface area (Å²) in [7, 11) is 0. The summed E-state index contributed by atoms with van der Waals surface area (Å²) in [5, 5.41) is 11.1. The second-order valence-corrected chi connectivity index (χ2v) is 4.92. The first-order chi connectivity index (χ1) is 7.58. The lowest BCUT2D eigenvalue weighted by atomic mass is 9.99. The summed E-state index contributed by atoms with van der Waals surface area (Å²) in [5.41, 5.74) is 3.23. The number of rotatable bonds is 2. The van der Waals surface area contributed by atoms with E-state index in [2.05, 4.69) is 0 Å². The van der Waals surface area contributed by atoms with Crippen molar-refractivity contribution in [3.63, 3.8) is 0 Å². The van der Waals surface area contributed by atoms with Crippen LogP contribution in [-0.2, 0) is 0 Å². The fraction of sp³-hybridized carbons (Fsp3) is 0.154. The summed E-state index contributed by atoms with van der Waals surface area (Å²) in [4.78, 5) is 12.3. The third-order valence-corrected chi connectivity index (χ3v) is 3.31. The van der Waals surface area contributed by atoms with Crippen LogP contribution in [0.4, 0.5) is 0 Å². The van der Waals surface area contributed by atoms with Crippen molar-refractivity contribution in [1.82, 2.24) is 0 Å². The highest BCUT2D eigenvalue weighted by molar-refractivity contribution is 7.10. The van der Waals surface area contributed by atoms with Crippen LogP contribution in [0.5, 0.6) is 0 Å². The molecule has 0 saturated heterocycles. The van der Waals surface area contributed by atoms with Gasteiger partial charge >= 0.3 is 5.97 Å². The van der Waals surface area contributed by atoms with Crippen molar-refractivity contribution in [3.05, 3.63) is 45.6 Å². The number of carboxylic acids is 1. The number of hydrogen-bond donors (Lipinski definition) is 1. The predicted octanol–water partition coefficient (Wildman–Crippen LogP) is 3.73. The van der Waals surface area contributed by atoms with E-state index in [4.69, 9.17) is 5.11 Å². The Morgan fingerprint density at radius 3 is 2.56 bits per heavy atom. The highest BCUT2D eigenvalue weighted by Gasteiger charge is 2.12. The molecule has 3 heteroatoms. The quantitative estimate of drug-likeness (QED) is 0.856. The smallest absolute Gasteiger partial charge is 0.336 e. The van der Waals surface area contributed by atoms with E-state index in [1.54, 1.807) is 17.4 Å². The van der Waals surface area contributed by atoms with E-state index >= 15 is 0 Å². The summed E-state index contributed by atoms with van der Waals surface area (Å²) in [6.07, 6.45) is 0. The lowest BCUT2D eigenvalue weighted by Crippen LogP contribution is -1.99. The van der Waals surface area contributed by atoms with Gasteiger partial charge in [-0.25, -0.2) is 4.79 Å². The average molecular weight is 232 g/mol. The Morgan fingerprint density at radius 2 is 2.00 bits per heavy atom. The predicted molar refractivity (Wildman–Crippen MR) is 66.2 cm³/mol. The molecule has 82 valence electrons. The summed E-state index contributed by atoms with van der Waals surface area (Å²) < 4.78 is 0. The van der Waals surface area contributed by atoms with Gasteiger partial charge in [0.25, 0.3) is 0 Å². The van der Waals surface area contributed by atoms with Gasteiger partial charge < -0.3 is 5.11 Å². The van der Waals surface area contributed by atoms with Crippen molar-refractivity contribution in [3.8, 4) is 11.1 Å². The molecular formula is C13H12O2S. The molecule has 2 nitrogen and oxygen atoms in total. The highest BCUT2D eigenvalue weighted by Crippen LogP contribution is 2.29. The summed E-state index contributed by atoms with van der Waals surface area (Å²) in [6.45, 7) is 3.98. The van der Waals surface area contributed by atoms with Gasteiger partial charge in [0.1, 0.15) is 0 Å². The Balaban J connectivity index is 2.62. The molecule has 0 atom stereocenters. The SMILES string of the molecule is Cc1ccc(C(=O)O)c(-c2csc(C)c2)c1. The summed E-state index contributed by atoms with van der Waals surface area (Å²) in [6, 6.07) is 7.43. The molecule has 0 radical (unpaired) electrons. The van der Waals surface area contributed by atoms with Crippen molar-refractivity contribution in [1.29, 1.82) is 0 Å². The third-order valence-electron chi connectivity index (χ3n) is 2.45. The first kappa shape index (κ1) is 10.9. The van der Waals surface area contributed by atoms with Gasteiger partial charge in [-0.15, -0.1) is 11.3 Å². The van der Waals surface area contributed by atoms with Crippen LogP contribution in [0.2, 0.25) is 0 Å². The van der Waals surface area contributed by atoms with Crippen LogP contribution in [0.3, 0.4) is 0 Å². The van der Waals surface area contributed by atoms with E-state index in [0.717, 1.165) is 16.7 Å². The van der Waals surface area contributed by atoms with Crippen LogP contribution in [0.25, 0.3) is 11.1 Å². The maximum absolute atomic E-state index is 11.1. The Kier molecular flexibility index (Phi) is 2.79. The number of aromatic carboxylic acids is 1. The van der Waals surface area contributed by atoms with Gasteiger partial charge in [0.05, 0.1) is 5.56 Å². The Morgan fingerprint density at radius 1 is 1.25 bits per heavy atom. The van der Waals surface area contributed by atoms with Gasteiger partial charge in [-0.1, -0.05) is 17.7 Å². The van der Waals surface area contributed by atoms with E-state index in [0.29, 0.717) is 5.56 Å². The normalized spacial score (nSPS) is 10.4.